The summed E-state index contributed by atoms with van der Waals surface area (Å²) in [6.45, 7) is 0.677. The van der Waals surface area contributed by atoms with Crippen LogP contribution in [-0.4, -0.2) is 24.0 Å². The van der Waals surface area contributed by atoms with Crippen molar-refractivity contribution in [3.05, 3.63) is 52.1 Å². The molecule has 1 amide bonds. The van der Waals surface area contributed by atoms with Crippen LogP contribution in [0.5, 0.6) is 11.5 Å². The summed E-state index contributed by atoms with van der Waals surface area (Å²) in [6, 6.07) is 9.51. The topological polar surface area (TPSA) is 117 Å². The van der Waals surface area contributed by atoms with E-state index in [1.165, 1.54) is 12.1 Å². The summed E-state index contributed by atoms with van der Waals surface area (Å²) in [5.41, 5.74) is 6.78. The number of carbonyl (C=O) groups excluding carboxylic acids is 1. The molecule has 0 atom stereocenters. The van der Waals surface area contributed by atoms with E-state index in [2.05, 4.69) is 5.32 Å². The van der Waals surface area contributed by atoms with Gasteiger partial charge in [0.05, 0.1) is 17.4 Å². The van der Waals surface area contributed by atoms with Gasteiger partial charge in [-0.3, -0.25) is 14.9 Å². The molecule has 1 aliphatic rings. The van der Waals surface area contributed by atoms with E-state index in [4.69, 9.17) is 15.2 Å². The van der Waals surface area contributed by atoms with Gasteiger partial charge in [0.2, 0.25) is 5.91 Å². The SMILES string of the molecule is Nc1ccc(CC(=O)Nc2cc3c(cc2[N+](=O)[O-])OCCO3)cc1. The number of nitro benzene ring substituents is 1. The van der Waals surface area contributed by atoms with Crippen LogP contribution in [-0.2, 0) is 11.2 Å². The van der Waals surface area contributed by atoms with Gasteiger partial charge in [0.1, 0.15) is 18.9 Å². The second-order valence-corrected chi connectivity index (χ2v) is 5.24. The molecular weight excluding hydrogens is 314 g/mol. The third-order valence-electron chi connectivity index (χ3n) is 3.48. The predicted molar refractivity (Wildman–Crippen MR) is 87.3 cm³/mol. The average Bonchev–Trinajstić information content (AvgIpc) is 2.56. The lowest BCUT2D eigenvalue weighted by Crippen LogP contribution is -2.18. The molecule has 0 bridgehead atoms. The first-order valence-corrected chi connectivity index (χ1v) is 7.25. The van der Waals surface area contributed by atoms with Gasteiger partial charge in [-0.05, 0) is 17.7 Å². The van der Waals surface area contributed by atoms with Crippen LogP contribution in [0, 0.1) is 10.1 Å². The van der Waals surface area contributed by atoms with Crippen LogP contribution in [0.25, 0.3) is 0 Å². The molecule has 1 aliphatic heterocycles. The molecule has 0 unspecified atom stereocenters. The number of nitrogens with zero attached hydrogens (tertiary/aromatic N) is 1. The van der Waals surface area contributed by atoms with Gasteiger partial charge in [-0.25, -0.2) is 0 Å². The summed E-state index contributed by atoms with van der Waals surface area (Å²) in [5.74, 6) is 0.290. The van der Waals surface area contributed by atoms with E-state index in [0.29, 0.717) is 30.4 Å². The van der Waals surface area contributed by atoms with E-state index in [-0.39, 0.29) is 23.7 Å². The Kier molecular flexibility index (Phi) is 4.19. The van der Waals surface area contributed by atoms with E-state index in [0.717, 1.165) is 5.56 Å². The highest BCUT2D eigenvalue weighted by Crippen LogP contribution is 2.39. The molecule has 3 N–H and O–H groups in total. The normalized spacial score (nSPS) is 12.5. The first-order valence-electron chi connectivity index (χ1n) is 7.25. The molecule has 0 saturated heterocycles. The van der Waals surface area contributed by atoms with Crippen LogP contribution in [0.2, 0.25) is 0 Å². The zero-order valence-electron chi connectivity index (χ0n) is 12.7. The largest absolute Gasteiger partial charge is 0.486 e. The van der Waals surface area contributed by atoms with Gasteiger partial charge in [-0.15, -0.1) is 0 Å². The van der Waals surface area contributed by atoms with Crippen molar-refractivity contribution in [1.82, 2.24) is 0 Å². The molecule has 24 heavy (non-hydrogen) atoms. The number of nitrogens with one attached hydrogen (secondary N) is 1. The van der Waals surface area contributed by atoms with Crippen molar-refractivity contribution in [2.75, 3.05) is 24.3 Å². The summed E-state index contributed by atoms with van der Waals surface area (Å²) >= 11 is 0. The monoisotopic (exact) mass is 329 g/mol. The first kappa shape index (κ1) is 15.6. The van der Waals surface area contributed by atoms with Crippen molar-refractivity contribution in [2.24, 2.45) is 0 Å². The summed E-state index contributed by atoms with van der Waals surface area (Å²) in [6.07, 6.45) is 0.0753. The maximum atomic E-state index is 12.2. The number of fused-ring (bicyclic) bond motifs is 1. The number of rotatable bonds is 4. The van der Waals surface area contributed by atoms with Crippen molar-refractivity contribution >= 4 is 23.0 Å². The van der Waals surface area contributed by atoms with Crippen LogP contribution in [0.1, 0.15) is 5.56 Å². The number of hydrogen-bond donors (Lipinski definition) is 2. The number of carbonyl (C=O) groups is 1. The van der Waals surface area contributed by atoms with Crippen molar-refractivity contribution in [3.63, 3.8) is 0 Å². The van der Waals surface area contributed by atoms with Gasteiger partial charge >= 0.3 is 0 Å². The Labute approximate surface area is 137 Å². The van der Waals surface area contributed by atoms with Crippen molar-refractivity contribution in [3.8, 4) is 11.5 Å². The molecule has 0 radical (unpaired) electrons. The van der Waals surface area contributed by atoms with Crippen molar-refractivity contribution in [2.45, 2.75) is 6.42 Å². The average molecular weight is 329 g/mol. The highest BCUT2D eigenvalue weighted by Gasteiger charge is 2.23. The molecular formula is C16H15N3O5. The number of benzene rings is 2. The van der Waals surface area contributed by atoms with Crippen molar-refractivity contribution < 1.29 is 19.2 Å². The van der Waals surface area contributed by atoms with Crippen LogP contribution in [0.3, 0.4) is 0 Å². The van der Waals surface area contributed by atoms with E-state index in [9.17, 15) is 14.9 Å². The lowest BCUT2D eigenvalue weighted by atomic mass is 10.1. The van der Waals surface area contributed by atoms with E-state index in [1.807, 2.05) is 0 Å². The van der Waals surface area contributed by atoms with Gasteiger partial charge in [0.25, 0.3) is 5.69 Å². The standard InChI is InChI=1S/C16H15N3O5/c17-11-3-1-10(2-4-11)7-16(20)18-12-8-14-15(24-6-5-23-14)9-13(12)19(21)22/h1-4,8-9H,5-7,17H2,(H,18,20). The molecule has 3 rings (SSSR count). The van der Waals surface area contributed by atoms with E-state index >= 15 is 0 Å². The van der Waals surface area contributed by atoms with Crippen LogP contribution in [0.15, 0.2) is 36.4 Å². The molecule has 0 aromatic heterocycles. The lowest BCUT2D eigenvalue weighted by Gasteiger charge is -2.19. The number of nitrogen functional groups attached to an aromatic ring is 1. The predicted octanol–water partition coefficient (Wildman–Crippen LogP) is 2.13. The fourth-order valence-corrected chi connectivity index (χ4v) is 2.34. The quantitative estimate of drug-likeness (QED) is 0.504. The summed E-state index contributed by atoms with van der Waals surface area (Å²) in [4.78, 5) is 22.8. The number of hydrogen-bond acceptors (Lipinski definition) is 6. The molecule has 124 valence electrons. The molecule has 0 saturated carbocycles. The zero-order chi connectivity index (χ0) is 17.1. The van der Waals surface area contributed by atoms with Gasteiger partial charge in [-0.2, -0.15) is 0 Å². The highest BCUT2D eigenvalue weighted by atomic mass is 16.6. The van der Waals surface area contributed by atoms with Gasteiger partial charge in [0, 0.05) is 11.8 Å². The van der Waals surface area contributed by atoms with Crippen LogP contribution >= 0.6 is 0 Å². The number of ether oxygens (including phenoxy) is 2. The molecule has 0 fully saturated rings. The Morgan fingerprint density at radius 3 is 2.42 bits per heavy atom. The summed E-state index contributed by atoms with van der Waals surface area (Å²) in [7, 11) is 0. The second-order valence-electron chi connectivity index (χ2n) is 5.24. The fourth-order valence-electron chi connectivity index (χ4n) is 2.34. The third kappa shape index (κ3) is 3.37. The molecule has 8 nitrogen and oxygen atoms in total. The highest BCUT2D eigenvalue weighted by molar-refractivity contribution is 5.95. The smallest absolute Gasteiger partial charge is 0.296 e. The van der Waals surface area contributed by atoms with Gasteiger partial charge in [0.15, 0.2) is 11.5 Å². The molecule has 0 aliphatic carbocycles. The van der Waals surface area contributed by atoms with Crippen LogP contribution < -0.4 is 20.5 Å². The maximum Gasteiger partial charge on any atom is 0.296 e. The number of nitrogens with two attached hydrogens (primary N) is 1. The second kappa shape index (κ2) is 6.45. The lowest BCUT2D eigenvalue weighted by molar-refractivity contribution is -0.384. The zero-order valence-corrected chi connectivity index (χ0v) is 12.7. The minimum absolute atomic E-state index is 0.0738. The third-order valence-corrected chi connectivity index (χ3v) is 3.48. The fraction of sp³-hybridized carbons (Fsp3) is 0.188. The minimum Gasteiger partial charge on any atom is -0.486 e. The summed E-state index contributed by atoms with van der Waals surface area (Å²) in [5, 5.41) is 13.8. The Bertz CT molecular complexity index is 789. The Morgan fingerprint density at radius 2 is 1.79 bits per heavy atom. The molecule has 0 spiro atoms. The van der Waals surface area contributed by atoms with Gasteiger partial charge in [-0.1, -0.05) is 12.1 Å². The first-order chi connectivity index (χ1) is 11.5. The summed E-state index contributed by atoms with van der Waals surface area (Å²) < 4.78 is 10.7. The maximum absolute atomic E-state index is 12.2. The van der Waals surface area contributed by atoms with E-state index < -0.39 is 4.92 Å². The minimum atomic E-state index is -0.572. The Hall–Kier alpha value is -3.29. The Balaban J connectivity index is 1.81. The number of nitro groups is 1. The molecule has 2 aromatic carbocycles. The molecule has 1 heterocycles. The molecule has 8 heteroatoms. The van der Waals surface area contributed by atoms with Crippen LogP contribution in [0.4, 0.5) is 17.1 Å². The van der Waals surface area contributed by atoms with Gasteiger partial charge < -0.3 is 20.5 Å². The number of amides is 1. The van der Waals surface area contributed by atoms with E-state index in [1.54, 1.807) is 24.3 Å². The number of anilines is 2. The molecule has 2 aromatic rings. The van der Waals surface area contributed by atoms with Crippen molar-refractivity contribution in [1.29, 1.82) is 0 Å². The Morgan fingerprint density at radius 1 is 1.17 bits per heavy atom.